The summed E-state index contributed by atoms with van der Waals surface area (Å²) in [6.07, 6.45) is 0.747. The summed E-state index contributed by atoms with van der Waals surface area (Å²) in [4.78, 5) is 28.5. The highest BCUT2D eigenvalue weighted by Crippen LogP contribution is 2.27. The Bertz CT molecular complexity index is 1420. The number of carbonyl (C=O) groups excluding carboxylic acids is 2. The lowest BCUT2D eigenvalue weighted by Gasteiger charge is -2.32. The van der Waals surface area contributed by atoms with E-state index in [9.17, 15) is 18.0 Å². The molecule has 0 saturated heterocycles. The van der Waals surface area contributed by atoms with Crippen LogP contribution in [0, 0.1) is 6.92 Å². The van der Waals surface area contributed by atoms with Crippen LogP contribution in [0.4, 0.5) is 5.69 Å². The summed E-state index contributed by atoms with van der Waals surface area (Å²) in [5, 5.41) is 2.85. The standard InChI is InChI=1S/C32H41N3O5S/c1-7-19-33-32(37)25(5)34(21-26-9-8-10-29(20-26)40-6)31(36)22-35(28-15-13-27(14-16-28)23(2)3)41(38,39)30-17-11-24(4)12-18-30/h8-18,20,23,25H,7,19,21-22H2,1-6H3,(H,33,37). The van der Waals surface area contributed by atoms with Crippen LogP contribution in [0.1, 0.15) is 56.7 Å². The smallest absolute Gasteiger partial charge is 0.264 e. The van der Waals surface area contributed by atoms with E-state index in [-0.39, 0.29) is 23.3 Å². The van der Waals surface area contributed by atoms with E-state index in [0.29, 0.717) is 18.0 Å². The Hall–Kier alpha value is -3.85. The number of methoxy groups -OCH3 is 1. The fraction of sp³-hybridized carbons (Fsp3) is 0.375. The number of rotatable bonds is 13. The molecule has 0 saturated carbocycles. The second-order valence-corrected chi connectivity index (χ2v) is 12.3. The summed E-state index contributed by atoms with van der Waals surface area (Å²) in [6.45, 7) is 9.68. The average Bonchev–Trinajstić information content (AvgIpc) is 2.97. The van der Waals surface area contributed by atoms with Crippen molar-refractivity contribution in [1.82, 2.24) is 10.2 Å². The fourth-order valence-electron chi connectivity index (χ4n) is 4.34. The van der Waals surface area contributed by atoms with Gasteiger partial charge in [0.05, 0.1) is 17.7 Å². The molecule has 0 aromatic heterocycles. The minimum atomic E-state index is -4.11. The molecule has 0 spiro atoms. The highest BCUT2D eigenvalue weighted by molar-refractivity contribution is 7.92. The third-order valence-corrected chi connectivity index (χ3v) is 8.73. The molecule has 0 bridgehead atoms. The number of sulfonamides is 1. The van der Waals surface area contributed by atoms with Gasteiger partial charge in [0, 0.05) is 13.1 Å². The Labute approximate surface area is 244 Å². The Kier molecular flexibility index (Phi) is 10.9. The molecular formula is C32H41N3O5S. The van der Waals surface area contributed by atoms with Crippen molar-refractivity contribution in [3.63, 3.8) is 0 Å². The van der Waals surface area contributed by atoms with E-state index < -0.39 is 28.5 Å². The molecule has 1 N–H and O–H groups in total. The molecule has 3 aromatic carbocycles. The van der Waals surface area contributed by atoms with Gasteiger partial charge in [-0.2, -0.15) is 0 Å². The largest absolute Gasteiger partial charge is 0.497 e. The Balaban J connectivity index is 2.04. The van der Waals surface area contributed by atoms with Gasteiger partial charge in [-0.15, -0.1) is 0 Å². The van der Waals surface area contributed by atoms with Crippen molar-refractivity contribution in [2.24, 2.45) is 0 Å². The number of nitrogens with zero attached hydrogens (tertiary/aromatic N) is 2. The lowest BCUT2D eigenvalue weighted by atomic mass is 10.0. The van der Waals surface area contributed by atoms with E-state index >= 15 is 0 Å². The molecule has 8 nitrogen and oxygen atoms in total. The Morgan fingerprint density at radius 2 is 1.61 bits per heavy atom. The number of nitrogens with one attached hydrogen (secondary N) is 1. The van der Waals surface area contributed by atoms with Gasteiger partial charge in [0.2, 0.25) is 11.8 Å². The Morgan fingerprint density at radius 3 is 2.20 bits per heavy atom. The molecule has 0 aliphatic heterocycles. The van der Waals surface area contributed by atoms with Crippen molar-refractivity contribution >= 4 is 27.5 Å². The zero-order valence-corrected chi connectivity index (χ0v) is 25.6. The van der Waals surface area contributed by atoms with Gasteiger partial charge in [-0.05, 0) is 73.7 Å². The summed E-state index contributed by atoms with van der Waals surface area (Å²) in [5.74, 6) is 0.0633. The molecule has 0 aliphatic carbocycles. The molecular weight excluding hydrogens is 538 g/mol. The van der Waals surface area contributed by atoms with Crippen LogP contribution in [-0.4, -0.2) is 51.4 Å². The maximum Gasteiger partial charge on any atom is 0.264 e. The maximum absolute atomic E-state index is 14.0. The fourth-order valence-corrected chi connectivity index (χ4v) is 5.75. The van der Waals surface area contributed by atoms with Gasteiger partial charge in [0.1, 0.15) is 18.3 Å². The zero-order valence-electron chi connectivity index (χ0n) is 24.8. The van der Waals surface area contributed by atoms with Gasteiger partial charge in [-0.1, -0.05) is 62.7 Å². The number of ether oxygens (including phenoxy) is 1. The molecule has 41 heavy (non-hydrogen) atoms. The maximum atomic E-state index is 14.0. The predicted octanol–water partition coefficient (Wildman–Crippen LogP) is 5.27. The zero-order chi connectivity index (χ0) is 30.2. The number of hydrogen-bond acceptors (Lipinski definition) is 5. The van der Waals surface area contributed by atoms with Crippen LogP contribution in [0.2, 0.25) is 0 Å². The molecule has 3 rings (SSSR count). The van der Waals surface area contributed by atoms with E-state index in [1.165, 1.54) is 4.90 Å². The van der Waals surface area contributed by atoms with E-state index in [1.807, 2.05) is 38.1 Å². The summed E-state index contributed by atoms with van der Waals surface area (Å²) in [5.41, 5.74) is 3.09. The highest BCUT2D eigenvalue weighted by Gasteiger charge is 2.32. The number of anilines is 1. The number of aryl methyl sites for hydroxylation is 1. The van der Waals surface area contributed by atoms with Crippen LogP contribution in [0.5, 0.6) is 5.75 Å². The van der Waals surface area contributed by atoms with Gasteiger partial charge in [-0.25, -0.2) is 8.42 Å². The van der Waals surface area contributed by atoms with Crippen molar-refractivity contribution in [2.45, 2.75) is 64.4 Å². The molecule has 220 valence electrons. The van der Waals surface area contributed by atoms with Crippen LogP contribution in [0.3, 0.4) is 0 Å². The van der Waals surface area contributed by atoms with Crippen LogP contribution in [-0.2, 0) is 26.2 Å². The van der Waals surface area contributed by atoms with Crippen LogP contribution in [0.15, 0.2) is 77.7 Å². The summed E-state index contributed by atoms with van der Waals surface area (Å²) >= 11 is 0. The van der Waals surface area contributed by atoms with Crippen molar-refractivity contribution < 1.29 is 22.7 Å². The van der Waals surface area contributed by atoms with Gasteiger partial charge < -0.3 is 15.0 Å². The van der Waals surface area contributed by atoms with Gasteiger partial charge in [0.15, 0.2) is 0 Å². The lowest BCUT2D eigenvalue weighted by Crippen LogP contribution is -2.51. The van der Waals surface area contributed by atoms with Crippen molar-refractivity contribution in [3.05, 3.63) is 89.5 Å². The second kappa shape index (κ2) is 14.2. The molecule has 0 radical (unpaired) electrons. The first-order valence-electron chi connectivity index (χ1n) is 13.9. The number of carbonyl (C=O) groups is 2. The molecule has 0 fully saturated rings. The summed E-state index contributed by atoms with van der Waals surface area (Å²) in [6, 6.07) is 20.1. The first-order valence-corrected chi connectivity index (χ1v) is 15.3. The number of amides is 2. The van der Waals surface area contributed by atoms with Gasteiger partial charge >= 0.3 is 0 Å². The quantitative estimate of drug-likeness (QED) is 0.298. The van der Waals surface area contributed by atoms with Gasteiger partial charge in [-0.3, -0.25) is 13.9 Å². The first-order chi connectivity index (χ1) is 19.5. The van der Waals surface area contributed by atoms with Crippen molar-refractivity contribution in [1.29, 1.82) is 0 Å². The normalized spacial score (nSPS) is 12.1. The van der Waals surface area contributed by atoms with E-state index in [2.05, 4.69) is 19.2 Å². The third kappa shape index (κ3) is 8.10. The van der Waals surface area contributed by atoms with Crippen LogP contribution >= 0.6 is 0 Å². The molecule has 2 amide bonds. The highest BCUT2D eigenvalue weighted by atomic mass is 32.2. The predicted molar refractivity (Wildman–Crippen MR) is 163 cm³/mol. The molecule has 0 heterocycles. The van der Waals surface area contributed by atoms with Crippen molar-refractivity contribution in [2.75, 3.05) is 24.5 Å². The van der Waals surface area contributed by atoms with Crippen LogP contribution in [0.25, 0.3) is 0 Å². The SMILES string of the molecule is CCCNC(=O)C(C)N(Cc1cccc(OC)c1)C(=O)CN(c1ccc(C(C)C)cc1)S(=O)(=O)c1ccc(C)cc1. The number of benzene rings is 3. The van der Waals surface area contributed by atoms with Crippen LogP contribution < -0.4 is 14.4 Å². The molecule has 3 aromatic rings. The topological polar surface area (TPSA) is 96.0 Å². The minimum absolute atomic E-state index is 0.0805. The van der Waals surface area contributed by atoms with E-state index in [1.54, 1.807) is 62.6 Å². The summed E-state index contributed by atoms with van der Waals surface area (Å²) in [7, 11) is -2.55. The molecule has 1 unspecified atom stereocenters. The van der Waals surface area contributed by atoms with Gasteiger partial charge in [0.25, 0.3) is 10.0 Å². The Morgan fingerprint density at radius 1 is 0.951 bits per heavy atom. The van der Waals surface area contributed by atoms with E-state index in [4.69, 9.17) is 4.74 Å². The summed E-state index contributed by atoms with van der Waals surface area (Å²) < 4.78 is 34.4. The lowest BCUT2D eigenvalue weighted by molar-refractivity contribution is -0.139. The average molecular weight is 580 g/mol. The van der Waals surface area contributed by atoms with Crippen molar-refractivity contribution in [3.8, 4) is 5.75 Å². The molecule has 9 heteroatoms. The molecule has 0 aliphatic rings. The molecule has 1 atom stereocenters. The second-order valence-electron chi connectivity index (χ2n) is 10.4. The number of hydrogen-bond donors (Lipinski definition) is 1. The third-order valence-electron chi connectivity index (χ3n) is 6.94. The monoisotopic (exact) mass is 579 g/mol. The van der Waals surface area contributed by atoms with E-state index in [0.717, 1.165) is 27.4 Å². The first kappa shape index (κ1) is 31.7. The minimum Gasteiger partial charge on any atom is -0.497 e.